The highest BCUT2D eigenvalue weighted by atomic mass is 16.6. The molecule has 0 aliphatic heterocycles. The van der Waals surface area contributed by atoms with Crippen LogP contribution >= 0.6 is 0 Å². The molecule has 0 saturated carbocycles. The number of non-ortho nitro benzene ring substituents is 1. The van der Waals surface area contributed by atoms with Crippen LogP contribution in [0.5, 0.6) is 0 Å². The molecule has 2 N–H and O–H groups in total. The molecular weight excluding hydrogens is 386 g/mol. The van der Waals surface area contributed by atoms with Crippen LogP contribution in [0.1, 0.15) is 22.8 Å². The van der Waals surface area contributed by atoms with Gasteiger partial charge in [-0.1, -0.05) is 0 Å². The number of nitro benzene ring substituents is 1. The Labute approximate surface area is 159 Å². The average Bonchev–Trinajstić information content (AvgIpc) is 2.69. The van der Waals surface area contributed by atoms with Gasteiger partial charge in [0, 0.05) is 17.7 Å². The third kappa shape index (κ3) is 3.16. The molecule has 0 aliphatic carbocycles. The van der Waals surface area contributed by atoms with Crippen LogP contribution in [0.2, 0.25) is 0 Å². The monoisotopic (exact) mass is 397 g/mol. The summed E-state index contributed by atoms with van der Waals surface area (Å²) in [6.07, 6.45) is 0. The molecule has 0 aliphatic rings. The number of fused-ring (bicyclic) bond motifs is 1. The van der Waals surface area contributed by atoms with Gasteiger partial charge in [0.1, 0.15) is 17.2 Å². The van der Waals surface area contributed by atoms with Crippen molar-refractivity contribution >= 4 is 17.3 Å². The van der Waals surface area contributed by atoms with E-state index in [2.05, 4.69) is 4.98 Å². The van der Waals surface area contributed by atoms with Crippen molar-refractivity contribution in [3.05, 3.63) is 76.6 Å². The second kappa shape index (κ2) is 7.24. The molecule has 0 saturated heterocycles. The average molecular weight is 397 g/mol. The van der Waals surface area contributed by atoms with Crippen LogP contribution in [-0.2, 0) is 4.74 Å². The second-order valence-electron chi connectivity index (χ2n) is 5.65. The summed E-state index contributed by atoms with van der Waals surface area (Å²) in [7, 11) is 0. The lowest BCUT2D eigenvalue weighted by molar-refractivity contribution is -0.384. The van der Waals surface area contributed by atoms with Gasteiger partial charge in [-0.2, -0.15) is 9.78 Å². The van der Waals surface area contributed by atoms with Crippen LogP contribution < -0.4 is 16.7 Å². The number of hydrogen-bond donors (Lipinski definition) is 2. The molecule has 3 rings (SSSR count). The molecule has 0 atom stereocenters. The van der Waals surface area contributed by atoms with E-state index >= 15 is 0 Å². The number of benzene rings is 1. The quantitative estimate of drug-likeness (QED) is 0.273. The number of H-pyrrole nitrogens is 2. The number of hydrogen-bond acceptors (Lipinski definition) is 8. The zero-order valence-corrected chi connectivity index (χ0v) is 14.7. The maximum absolute atomic E-state index is 12.9. The Balaban J connectivity index is 2.52. The molecule has 12 heteroatoms. The zero-order valence-electron chi connectivity index (χ0n) is 14.7. The van der Waals surface area contributed by atoms with Crippen molar-refractivity contribution in [2.24, 2.45) is 0 Å². The topological polar surface area (TPSA) is 180 Å². The van der Waals surface area contributed by atoms with E-state index in [-0.39, 0.29) is 34.6 Å². The lowest BCUT2D eigenvalue weighted by atomic mass is 9.96. The van der Waals surface area contributed by atoms with E-state index < -0.39 is 33.1 Å². The predicted molar refractivity (Wildman–Crippen MR) is 97.7 cm³/mol. The first-order valence-electron chi connectivity index (χ1n) is 8.07. The first kappa shape index (κ1) is 19.2. The largest absolute Gasteiger partial charge is 0.462 e. The molecule has 0 fully saturated rings. The van der Waals surface area contributed by atoms with Crippen molar-refractivity contribution in [2.45, 2.75) is 6.92 Å². The Bertz CT molecular complexity index is 1370. The molecule has 29 heavy (non-hydrogen) atoms. The number of nitriles is 1. The molecule has 0 bridgehead atoms. The molecule has 146 valence electrons. The summed E-state index contributed by atoms with van der Waals surface area (Å²) in [5, 5.41) is 22.5. The highest BCUT2D eigenvalue weighted by molar-refractivity contribution is 6.00. The first-order valence-corrected chi connectivity index (χ1v) is 8.07. The van der Waals surface area contributed by atoms with E-state index in [9.17, 15) is 34.6 Å². The summed E-state index contributed by atoms with van der Waals surface area (Å²) >= 11 is 0. The summed E-state index contributed by atoms with van der Waals surface area (Å²) in [5.41, 5.74) is -4.86. The van der Waals surface area contributed by atoms with E-state index in [0.717, 1.165) is 12.1 Å². The molecule has 0 amide bonds. The second-order valence-corrected chi connectivity index (χ2v) is 5.65. The number of pyridine rings is 1. The third-order valence-corrected chi connectivity index (χ3v) is 3.99. The van der Waals surface area contributed by atoms with Crippen LogP contribution in [0.4, 0.5) is 5.69 Å². The van der Waals surface area contributed by atoms with Crippen LogP contribution in [0.15, 0.2) is 38.6 Å². The minimum Gasteiger partial charge on any atom is -0.462 e. The minimum absolute atomic E-state index is 0.0787. The maximum Gasteiger partial charge on any atom is 0.344 e. The fourth-order valence-corrected chi connectivity index (χ4v) is 2.76. The van der Waals surface area contributed by atoms with E-state index in [0.29, 0.717) is 4.52 Å². The zero-order chi connectivity index (χ0) is 21.3. The third-order valence-electron chi connectivity index (χ3n) is 3.99. The summed E-state index contributed by atoms with van der Waals surface area (Å²) in [6.45, 7) is 1.43. The van der Waals surface area contributed by atoms with Crippen molar-refractivity contribution in [3.8, 4) is 17.2 Å². The van der Waals surface area contributed by atoms with E-state index in [1.165, 1.54) is 19.1 Å². The Morgan fingerprint density at radius 1 is 1.24 bits per heavy atom. The lowest BCUT2D eigenvalue weighted by Gasteiger charge is -2.13. The van der Waals surface area contributed by atoms with Crippen LogP contribution in [0.3, 0.4) is 0 Å². The van der Waals surface area contributed by atoms with Crippen molar-refractivity contribution in [1.29, 1.82) is 5.26 Å². The standard InChI is InChI=1S/C17H11N5O7/c1-2-29-17(26)12-11(8-3-5-9(6-4-8)22(27)28)10(7-18)13-19-14(23)15(24)20-21(13)16(12)25/h3-6H,2H2,1H3,(H,19,23)(H,20,24). The van der Waals surface area contributed by atoms with Gasteiger partial charge in [0.25, 0.3) is 11.2 Å². The molecule has 2 heterocycles. The van der Waals surface area contributed by atoms with Gasteiger partial charge in [0.05, 0.1) is 11.5 Å². The van der Waals surface area contributed by atoms with Gasteiger partial charge in [0.15, 0.2) is 5.65 Å². The van der Waals surface area contributed by atoms with E-state index in [4.69, 9.17) is 4.74 Å². The Kier molecular flexibility index (Phi) is 4.80. The van der Waals surface area contributed by atoms with Crippen LogP contribution in [0, 0.1) is 21.4 Å². The van der Waals surface area contributed by atoms with Gasteiger partial charge in [-0.05, 0) is 24.6 Å². The Morgan fingerprint density at radius 3 is 2.45 bits per heavy atom. The Morgan fingerprint density at radius 2 is 1.90 bits per heavy atom. The highest BCUT2D eigenvalue weighted by Crippen LogP contribution is 2.29. The van der Waals surface area contributed by atoms with Crippen molar-refractivity contribution < 1.29 is 14.5 Å². The molecule has 3 aromatic rings. The Hall–Kier alpha value is -4.53. The number of nitrogens with one attached hydrogen (secondary N) is 2. The number of nitrogens with zero attached hydrogens (tertiary/aromatic N) is 3. The van der Waals surface area contributed by atoms with Gasteiger partial charge in [-0.15, -0.1) is 0 Å². The molecule has 0 radical (unpaired) electrons. The summed E-state index contributed by atoms with van der Waals surface area (Å²) < 4.78 is 5.47. The number of rotatable bonds is 4. The molecule has 0 unspecified atom stereocenters. The predicted octanol–water partition coefficient (Wildman–Crippen LogP) is 0.300. The van der Waals surface area contributed by atoms with Gasteiger partial charge < -0.3 is 9.72 Å². The fraction of sp³-hybridized carbons (Fsp3) is 0.118. The summed E-state index contributed by atoms with van der Waals surface area (Å²) in [4.78, 5) is 61.1. The minimum atomic E-state index is -1.17. The molecule has 12 nitrogen and oxygen atoms in total. The van der Waals surface area contributed by atoms with Gasteiger partial charge in [0.2, 0.25) is 0 Å². The molecule has 2 aromatic heterocycles. The van der Waals surface area contributed by atoms with Gasteiger partial charge >= 0.3 is 17.1 Å². The number of ether oxygens (including phenoxy) is 1. The van der Waals surface area contributed by atoms with Gasteiger partial charge in [-0.25, -0.2) is 4.79 Å². The summed E-state index contributed by atoms with van der Waals surface area (Å²) in [6, 6.07) is 6.54. The molecule has 0 spiro atoms. The number of aromatic amines is 2. The molecule has 1 aromatic carbocycles. The number of aromatic nitrogens is 3. The number of nitro groups is 1. The van der Waals surface area contributed by atoms with Crippen molar-refractivity contribution in [3.63, 3.8) is 0 Å². The summed E-state index contributed by atoms with van der Waals surface area (Å²) in [5.74, 6) is -1.07. The van der Waals surface area contributed by atoms with Crippen molar-refractivity contribution in [2.75, 3.05) is 6.61 Å². The SMILES string of the molecule is CCOC(=O)c1c(-c2ccc([N+](=O)[O-])cc2)c(C#N)c2[nH]c(=O)c(=O)[nH]n2c1=O. The molecular formula is C17H11N5O7. The fourth-order valence-electron chi connectivity index (χ4n) is 2.76. The van der Waals surface area contributed by atoms with E-state index in [1.54, 1.807) is 6.07 Å². The van der Waals surface area contributed by atoms with Crippen LogP contribution in [-0.4, -0.2) is 32.1 Å². The van der Waals surface area contributed by atoms with E-state index in [1.807, 2.05) is 5.10 Å². The highest BCUT2D eigenvalue weighted by Gasteiger charge is 2.27. The smallest absolute Gasteiger partial charge is 0.344 e. The number of esters is 1. The lowest BCUT2D eigenvalue weighted by Crippen LogP contribution is -2.38. The number of carbonyl (C=O) groups is 1. The van der Waals surface area contributed by atoms with Crippen LogP contribution in [0.25, 0.3) is 16.8 Å². The first-order chi connectivity index (χ1) is 13.8. The van der Waals surface area contributed by atoms with Gasteiger partial charge in [-0.3, -0.25) is 29.6 Å². The number of carbonyl (C=O) groups excluding carboxylic acids is 1. The normalized spacial score (nSPS) is 10.5. The van der Waals surface area contributed by atoms with Crippen molar-refractivity contribution in [1.82, 2.24) is 14.6 Å². The maximum atomic E-state index is 12.9.